The second kappa shape index (κ2) is 9.22. The molecule has 0 radical (unpaired) electrons. The van der Waals surface area contributed by atoms with E-state index >= 15 is 0 Å². The molecule has 1 N–H and O–H groups in total. The Labute approximate surface area is 175 Å². The van der Waals surface area contributed by atoms with Crippen molar-refractivity contribution < 1.29 is 14.3 Å². The highest BCUT2D eigenvalue weighted by Gasteiger charge is 2.19. The van der Waals surface area contributed by atoms with Crippen molar-refractivity contribution in [3.63, 3.8) is 0 Å². The van der Waals surface area contributed by atoms with Crippen LogP contribution in [0.4, 0.5) is 5.69 Å². The number of rotatable bonds is 6. The fraction of sp³-hybridized carbons (Fsp3) is 0.208. The minimum absolute atomic E-state index is 0.00870. The van der Waals surface area contributed by atoms with Crippen molar-refractivity contribution in [2.24, 2.45) is 0 Å². The molecule has 2 heterocycles. The number of carbonyl (C=O) groups is 2. The van der Waals surface area contributed by atoms with Gasteiger partial charge in [0.2, 0.25) is 0 Å². The van der Waals surface area contributed by atoms with Crippen molar-refractivity contribution in [1.29, 1.82) is 0 Å². The van der Waals surface area contributed by atoms with Crippen LogP contribution in [0, 0.1) is 0 Å². The third kappa shape index (κ3) is 4.84. The van der Waals surface area contributed by atoms with Crippen LogP contribution in [-0.2, 0) is 6.61 Å². The molecule has 152 valence electrons. The molecular weight excluding hydrogens is 378 g/mol. The molecule has 2 amide bonds. The molecule has 0 atom stereocenters. The minimum Gasteiger partial charge on any atom is -0.489 e. The van der Waals surface area contributed by atoms with Crippen molar-refractivity contribution in [2.75, 3.05) is 18.4 Å². The zero-order chi connectivity index (χ0) is 20.8. The molecule has 3 aromatic rings. The summed E-state index contributed by atoms with van der Waals surface area (Å²) in [5, 5.41) is 2.87. The van der Waals surface area contributed by atoms with E-state index in [-0.39, 0.29) is 11.8 Å². The fourth-order valence-electron chi connectivity index (χ4n) is 3.41. The maximum Gasteiger partial charge on any atom is 0.255 e. The van der Waals surface area contributed by atoms with Gasteiger partial charge in [-0.25, -0.2) is 0 Å². The maximum absolute atomic E-state index is 12.7. The van der Waals surface area contributed by atoms with Crippen molar-refractivity contribution >= 4 is 17.5 Å². The first-order valence-electron chi connectivity index (χ1n) is 10.0. The van der Waals surface area contributed by atoms with Gasteiger partial charge >= 0.3 is 0 Å². The molecule has 1 aliphatic heterocycles. The number of anilines is 1. The third-order valence-electron chi connectivity index (χ3n) is 4.99. The lowest BCUT2D eigenvalue weighted by atomic mass is 10.1. The minimum atomic E-state index is -0.257. The van der Waals surface area contributed by atoms with E-state index in [0.29, 0.717) is 29.2 Å². The van der Waals surface area contributed by atoms with Crippen LogP contribution >= 0.6 is 0 Å². The van der Waals surface area contributed by atoms with E-state index in [9.17, 15) is 9.59 Å². The second-order valence-electron chi connectivity index (χ2n) is 7.21. The molecule has 1 saturated heterocycles. The van der Waals surface area contributed by atoms with E-state index in [1.54, 1.807) is 54.9 Å². The van der Waals surface area contributed by atoms with Crippen LogP contribution < -0.4 is 10.1 Å². The van der Waals surface area contributed by atoms with Gasteiger partial charge in [-0.3, -0.25) is 14.6 Å². The van der Waals surface area contributed by atoms with E-state index in [1.165, 1.54) is 0 Å². The highest BCUT2D eigenvalue weighted by atomic mass is 16.5. The SMILES string of the molecule is O=C(Nc1cccc(C(=O)N2CCCC2)c1)c1cccc(OCc2cccnc2)c1. The Hall–Kier alpha value is -3.67. The topological polar surface area (TPSA) is 71.5 Å². The predicted octanol–water partition coefficient (Wildman–Crippen LogP) is 4.15. The second-order valence-corrected chi connectivity index (χ2v) is 7.21. The zero-order valence-electron chi connectivity index (χ0n) is 16.6. The Balaban J connectivity index is 1.41. The summed E-state index contributed by atoms with van der Waals surface area (Å²) >= 11 is 0. The first-order valence-corrected chi connectivity index (χ1v) is 10.0. The van der Waals surface area contributed by atoms with Crippen LogP contribution in [0.15, 0.2) is 73.1 Å². The highest BCUT2D eigenvalue weighted by Crippen LogP contribution is 2.19. The number of likely N-dealkylation sites (tertiary alicyclic amines) is 1. The first-order chi connectivity index (χ1) is 14.7. The van der Waals surface area contributed by atoms with Gasteiger partial charge < -0.3 is 15.0 Å². The summed E-state index contributed by atoms with van der Waals surface area (Å²) in [5.41, 5.74) is 2.61. The Kier molecular flexibility index (Phi) is 6.03. The zero-order valence-corrected chi connectivity index (χ0v) is 16.6. The van der Waals surface area contributed by atoms with Crippen LogP contribution in [0.1, 0.15) is 39.1 Å². The van der Waals surface area contributed by atoms with Crippen LogP contribution in [0.25, 0.3) is 0 Å². The highest BCUT2D eigenvalue weighted by molar-refractivity contribution is 6.05. The van der Waals surface area contributed by atoms with Gasteiger partial charge in [0.1, 0.15) is 12.4 Å². The number of hydrogen-bond donors (Lipinski definition) is 1. The Morgan fingerprint density at radius 1 is 0.967 bits per heavy atom. The molecule has 4 rings (SSSR count). The summed E-state index contributed by atoms with van der Waals surface area (Å²) in [5.74, 6) is 0.353. The summed E-state index contributed by atoms with van der Waals surface area (Å²) in [4.78, 5) is 31.2. The Bertz CT molecular complexity index is 1030. The Morgan fingerprint density at radius 3 is 2.57 bits per heavy atom. The van der Waals surface area contributed by atoms with Gasteiger partial charge in [0.15, 0.2) is 0 Å². The van der Waals surface area contributed by atoms with Gasteiger partial charge in [-0.05, 0) is 55.3 Å². The lowest BCUT2D eigenvalue weighted by molar-refractivity contribution is 0.0792. The Morgan fingerprint density at radius 2 is 1.77 bits per heavy atom. The monoisotopic (exact) mass is 401 g/mol. The number of pyridine rings is 1. The van der Waals surface area contributed by atoms with Crippen LogP contribution in [0.2, 0.25) is 0 Å². The first kappa shape index (κ1) is 19.6. The van der Waals surface area contributed by atoms with Gasteiger partial charge in [-0.15, -0.1) is 0 Å². The van der Waals surface area contributed by atoms with Crippen molar-refractivity contribution in [3.8, 4) is 5.75 Å². The summed E-state index contributed by atoms with van der Waals surface area (Å²) < 4.78 is 5.77. The summed E-state index contributed by atoms with van der Waals surface area (Å²) in [6.45, 7) is 1.96. The van der Waals surface area contributed by atoms with Gasteiger partial charge in [0.25, 0.3) is 11.8 Å². The molecule has 6 heteroatoms. The van der Waals surface area contributed by atoms with E-state index < -0.39 is 0 Å². The molecule has 1 aliphatic rings. The maximum atomic E-state index is 12.7. The number of amides is 2. The molecular formula is C24H23N3O3. The molecule has 0 unspecified atom stereocenters. The lowest BCUT2D eigenvalue weighted by Gasteiger charge is -2.16. The standard InChI is InChI=1S/C24H23N3O3/c28-23(19-7-4-10-22(15-19)30-17-18-6-5-11-25-16-18)26-21-9-3-8-20(14-21)24(29)27-12-1-2-13-27/h3-11,14-16H,1-2,12-13,17H2,(H,26,28). The molecule has 0 saturated carbocycles. The molecule has 1 aromatic heterocycles. The lowest BCUT2D eigenvalue weighted by Crippen LogP contribution is -2.27. The van der Waals surface area contributed by atoms with E-state index in [1.807, 2.05) is 23.1 Å². The van der Waals surface area contributed by atoms with Crippen LogP contribution in [0.5, 0.6) is 5.75 Å². The van der Waals surface area contributed by atoms with Gasteiger partial charge in [0, 0.05) is 47.9 Å². The molecule has 30 heavy (non-hydrogen) atoms. The average molecular weight is 401 g/mol. The molecule has 2 aromatic carbocycles. The van der Waals surface area contributed by atoms with Gasteiger partial charge in [0.05, 0.1) is 0 Å². The fourth-order valence-corrected chi connectivity index (χ4v) is 3.41. The van der Waals surface area contributed by atoms with E-state index in [2.05, 4.69) is 10.3 Å². The van der Waals surface area contributed by atoms with Crippen molar-refractivity contribution in [1.82, 2.24) is 9.88 Å². The number of nitrogens with zero attached hydrogens (tertiary/aromatic N) is 2. The van der Waals surface area contributed by atoms with Crippen molar-refractivity contribution in [3.05, 3.63) is 89.7 Å². The summed E-state index contributed by atoms with van der Waals surface area (Å²) in [7, 11) is 0. The summed E-state index contributed by atoms with van der Waals surface area (Å²) in [6, 6.07) is 17.9. The largest absolute Gasteiger partial charge is 0.489 e. The van der Waals surface area contributed by atoms with Gasteiger partial charge in [-0.1, -0.05) is 18.2 Å². The van der Waals surface area contributed by atoms with Crippen molar-refractivity contribution in [2.45, 2.75) is 19.4 Å². The quantitative estimate of drug-likeness (QED) is 0.674. The molecule has 0 aliphatic carbocycles. The third-order valence-corrected chi connectivity index (χ3v) is 4.99. The number of ether oxygens (including phenoxy) is 1. The molecule has 1 fully saturated rings. The molecule has 0 bridgehead atoms. The van der Waals surface area contributed by atoms with E-state index in [4.69, 9.17) is 4.74 Å². The average Bonchev–Trinajstić information content (AvgIpc) is 3.33. The van der Waals surface area contributed by atoms with E-state index in [0.717, 1.165) is 31.5 Å². The number of hydrogen-bond acceptors (Lipinski definition) is 4. The van der Waals surface area contributed by atoms with Gasteiger partial charge in [-0.2, -0.15) is 0 Å². The molecule has 0 spiro atoms. The number of carbonyl (C=O) groups excluding carboxylic acids is 2. The normalized spacial score (nSPS) is 13.1. The smallest absolute Gasteiger partial charge is 0.255 e. The predicted molar refractivity (Wildman–Crippen MR) is 115 cm³/mol. The number of aromatic nitrogens is 1. The molecule has 6 nitrogen and oxygen atoms in total. The summed E-state index contributed by atoms with van der Waals surface area (Å²) in [6.07, 6.45) is 5.54. The van der Waals surface area contributed by atoms with Crippen LogP contribution in [-0.4, -0.2) is 34.8 Å². The number of benzene rings is 2. The van der Waals surface area contributed by atoms with Crippen LogP contribution in [0.3, 0.4) is 0 Å². The number of nitrogens with one attached hydrogen (secondary N) is 1.